The molecule has 0 bridgehead atoms. The lowest BCUT2D eigenvalue weighted by Crippen LogP contribution is -2.20. The molecule has 0 saturated heterocycles. The van der Waals surface area contributed by atoms with Crippen LogP contribution in [0.25, 0.3) is 5.76 Å². The number of aliphatic hydroxyl groups is 1. The minimum absolute atomic E-state index is 0.140. The van der Waals surface area contributed by atoms with Crippen LogP contribution in [0.1, 0.15) is 5.56 Å². The van der Waals surface area contributed by atoms with Gasteiger partial charge < -0.3 is 5.11 Å². The van der Waals surface area contributed by atoms with Crippen molar-refractivity contribution in [1.82, 2.24) is 0 Å². The van der Waals surface area contributed by atoms with Crippen molar-refractivity contribution in [2.75, 3.05) is 0 Å². The van der Waals surface area contributed by atoms with Crippen LogP contribution in [0.2, 0.25) is 0 Å². The molecule has 0 radical (unpaired) electrons. The zero-order valence-electron chi connectivity index (χ0n) is 7.75. The maximum Gasteiger partial charge on any atom is 0.454 e. The highest BCUT2D eigenvalue weighted by molar-refractivity contribution is 9.10. The number of rotatable bonds is 2. The molecule has 0 aliphatic carbocycles. The first-order valence-corrected chi connectivity index (χ1v) is 4.88. The Kier molecular flexibility index (Phi) is 3.74. The van der Waals surface area contributed by atoms with E-state index in [4.69, 9.17) is 0 Å². The van der Waals surface area contributed by atoms with Crippen molar-refractivity contribution in [2.45, 2.75) is 6.18 Å². The highest BCUT2D eigenvalue weighted by Gasteiger charge is 2.36. The van der Waals surface area contributed by atoms with E-state index in [0.717, 1.165) is 0 Å². The standard InChI is InChI=1S/C10H6BrF3O2/c11-7-3-1-6(2-4-7)8(15)5-9(16)10(12,13)14/h1-5,15H. The molecule has 0 aromatic heterocycles. The highest BCUT2D eigenvalue weighted by atomic mass is 79.9. The van der Waals surface area contributed by atoms with Crippen molar-refractivity contribution in [2.24, 2.45) is 0 Å². The fourth-order valence-corrected chi connectivity index (χ4v) is 1.17. The van der Waals surface area contributed by atoms with Gasteiger partial charge in [0.05, 0.1) is 0 Å². The predicted molar refractivity (Wildman–Crippen MR) is 55.8 cm³/mol. The maximum absolute atomic E-state index is 11.9. The molecule has 86 valence electrons. The van der Waals surface area contributed by atoms with Crippen molar-refractivity contribution in [3.8, 4) is 0 Å². The number of allylic oxidation sites excluding steroid dienone is 1. The minimum atomic E-state index is -4.97. The van der Waals surface area contributed by atoms with Crippen molar-refractivity contribution in [1.29, 1.82) is 0 Å². The van der Waals surface area contributed by atoms with Gasteiger partial charge in [-0.05, 0) is 12.1 Å². The lowest BCUT2D eigenvalue weighted by Gasteiger charge is -2.03. The summed E-state index contributed by atoms with van der Waals surface area (Å²) in [5.41, 5.74) is 0.140. The molecule has 0 heterocycles. The number of alkyl halides is 3. The first-order valence-electron chi connectivity index (χ1n) is 4.08. The van der Waals surface area contributed by atoms with Crippen LogP contribution in [-0.4, -0.2) is 17.1 Å². The largest absolute Gasteiger partial charge is 0.507 e. The van der Waals surface area contributed by atoms with Gasteiger partial charge in [0.15, 0.2) is 0 Å². The summed E-state index contributed by atoms with van der Waals surface area (Å²) < 4.78 is 36.3. The second-order valence-electron chi connectivity index (χ2n) is 2.90. The molecular formula is C10H6BrF3O2. The van der Waals surface area contributed by atoms with Crippen LogP contribution in [0, 0.1) is 0 Å². The molecule has 0 fully saturated rings. The van der Waals surface area contributed by atoms with Crippen LogP contribution in [0.3, 0.4) is 0 Å². The van der Waals surface area contributed by atoms with Gasteiger partial charge in [-0.3, -0.25) is 4.79 Å². The molecule has 0 aliphatic heterocycles. The van der Waals surface area contributed by atoms with E-state index in [0.29, 0.717) is 4.47 Å². The molecule has 1 aromatic rings. The molecule has 0 aliphatic rings. The van der Waals surface area contributed by atoms with Crippen molar-refractivity contribution >= 4 is 27.5 Å². The van der Waals surface area contributed by atoms with Crippen molar-refractivity contribution in [3.05, 3.63) is 40.4 Å². The topological polar surface area (TPSA) is 37.3 Å². The summed E-state index contributed by atoms with van der Waals surface area (Å²) in [6.45, 7) is 0. The van der Waals surface area contributed by atoms with Gasteiger partial charge in [0.1, 0.15) is 5.76 Å². The van der Waals surface area contributed by atoms with E-state index in [2.05, 4.69) is 15.9 Å². The number of hydrogen-bond acceptors (Lipinski definition) is 2. The molecule has 0 atom stereocenters. The van der Waals surface area contributed by atoms with Crippen molar-refractivity contribution in [3.63, 3.8) is 0 Å². The molecule has 0 unspecified atom stereocenters. The lowest BCUT2D eigenvalue weighted by atomic mass is 10.1. The average Bonchev–Trinajstić information content (AvgIpc) is 2.17. The number of carbonyl (C=O) groups is 1. The first kappa shape index (κ1) is 12.8. The van der Waals surface area contributed by atoms with Crippen LogP contribution in [-0.2, 0) is 4.79 Å². The maximum atomic E-state index is 11.9. The van der Waals surface area contributed by atoms with E-state index in [1.165, 1.54) is 24.3 Å². The van der Waals surface area contributed by atoms with Crippen molar-refractivity contribution < 1.29 is 23.1 Å². The van der Waals surface area contributed by atoms with Gasteiger partial charge >= 0.3 is 6.18 Å². The predicted octanol–water partition coefficient (Wildman–Crippen LogP) is 3.48. The smallest absolute Gasteiger partial charge is 0.454 e. The van der Waals surface area contributed by atoms with Gasteiger partial charge in [-0.2, -0.15) is 13.2 Å². The molecule has 1 aromatic carbocycles. The minimum Gasteiger partial charge on any atom is -0.507 e. The lowest BCUT2D eigenvalue weighted by molar-refractivity contribution is -0.165. The second kappa shape index (κ2) is 4.69. The van der Waals surface area contributed by atoms with Crippen LogP contribution in [0.15, 0.2) is 34.8 Å². The molecule has 2 nitrogen and oxygen atoms in total. The number of ketones is 1. The third kappa shape index (κ3) is 3.37. The monoisotopic (exact) mass is 294 g/mol. The van der Waals surface area contributed by atoms with E-state index < -0.39 is 17.7 Å². The molecular weight excluding hydrogens is 289 g/mol. The van der Waals surface area contributed by atoms with Gasteiger partial charge in [-0.1, -0.05) is 28.1 Å². The highest BCUT2D eigenvalue weighted by Crippen LogP contribution is 2.20. The van der Waals surface area contributed by atoms with Gasteiger partial charge in [-0.15, -0.1) is 0 Å². The summed E-state index contributed by atoms with van der Waals surface area (Å²) in [4.78, 5) is 10.5. The fraction of sp³-hybridized carbons (Fsp3) is 0.100. The summed E-state index contributed by atoms with van der Waals surface area (Å²) in [5.74, 6) is -2.80. The quantitative estimate of drug-likeness (QED) is 0.670. The molecule has 1 N–H and O–H groups in total. The average molecular weight is 295 g/mol. The molecule has 0 amide bonds. The number of benzene rings is 1. The van der Waals surface area contributed by atoms with Crippen LogP contribution < -0.4 is 0 Å². The summed E-state index contributed by atoms with van der Waals surface area (Å²) in [5, 5.41) is 9.27. The number of carbonyl (C=O) groups excluding carboxylic acids is 1. The summed E-state index contributed by atoms with van der Waals surface area (Å²) in [6, 6.07) is 5.86. The number of hydrogen-bond donors (Lipinski definition) is 1. The van der Waals surface area contributed by atoms with E-state index >= 15 is 0 Å². The first-order chi connectivity index (χ1) is 7.30. The Morgan fingerprint density at radius 3 is 2.19 bits per heavy atom. The van der Waals surface area contributed by atoms with Crippen LogP contribution in [0.4, 0.5) is 13.2 Å². The normalized spacial score (nSPS) is 12.6. The number of halogens is 4. The molecule has 0 spiro atoms. The Labute approximate surface area is 97.5 Å². The van der Waals surface area contributed by atoms with E-state index in [1.54, 1.807) is 0 Å². The van der Waals surface area contributed by atoms with Gasteiger partial charge in [0.2, 0.25) is 0 Å². The number of aliphatic hydroxyl groups excluding tert-OH is 1. The Morgan fingerprint density at radius 2 is 1.75 bits per heavy atom. The summed E-state index contributed by atoms with van der Waals surface area (Å²) in [7, 11) is 0. The van der Waals surface area contributed by atoms with Crippen LogP contribution >= 0.6 is 15.9 Å². The summed E-state index contributed by atoms with van der Waals surface area (Å²) >= 11 is 3.13. The van der Waals surface area contributed by atoms with Gasteiger partial charge in [0, 0.05) is 16.1 Å². The Balaban J connectivity index is 2.94. The third-order valence-corrected chi connectivity index (χ3v) is 2.22. The van der Waals surface area contributed by atoms with Gasteiger partial charge in [0.25, 0.3) is 5.78 Å². The van der Waals surface area contributed by atoms with Gasteiger partial charge in [-0.25, -0.2) is 0 Å². The molecule has 1 rings (SSSR count). The SMILES string of the molecule is O=C(C=C(O)c1ccc(Br)cc1)C(F)(F)F. The molecule has 16 heavy (non-hydrogen) atoms. The van der Waals surface area contributed by atoms with E-state index in [-0.39, 0.29) is 11.6 Å². The third-order valence-electron chi connectivity index (χ3n) is 1.69. The van der Waals surface area contributed by atoms with Crippen LogP contribution in [0.5, 0.6) is 0 Å². The molecule has 6 heteroatoms. The Morgan fingerprint density at radius 1 is 1.25 bits per heavy atom. The zero-order chi connectivity index (χ0) is 12.3. The Hall–Kier alpha value is -1.30. The fourth-order valence-electron chi connectivity index (χ4n) is 0.910. The molecule has 0 saturated carbocycles. The second-order valence-corrected chi connectivity index (χ2v) is 3.81. The Bertz CT molecular complexity index is 421. The summed E-state index contributed by atoms with van der Waals surface area (Å²) in [6.07, 6.45) is -4.81. The van der Waals surface area contributed by atoms with E-state index in [1.807, 2.05) is 0 Å². The van der Waals surface area contributed by atoms with E-state index in [9.17, 15) is 23.1 Å². The zero-order valence-corrected chi connectivity index (χ0v) is 9.34.